The molecule has 0 saturated heterocycles. The minimum absolute atomic E-state index is 0.828. The van der Waals surface area contributed by atoms with Crippen LogP contribution in [0.3, 0.4) is 0 Å². The third kappa shape index (κ3) is 1.38. The Morgan fingerprint density at radius 1 is 1.29 bits per heavy atom. The highest BCUT2D eigenvalue weighted by atomic mass is 79.9. The fourth-order valence-corrected chi connectivity index (χ4v) is 1.84. The molecule has 2 N–H and O–H groups in total. The highest BCUT2D eigenvalue weighted by Gasteiger charge is 2.06. The van der Waals surface area contributed by atoms with Crippen molar-refractivity contribution in [1.82, 2.24) is 4.98 Å². The van der Waals surface area contributed by atoms with Crippen LogP contribution in [0.1, 0.15) is 11.3 Å². The minimum Gasteiger partial charge on any atom is -0.398 e. The highest BCUT2D eigenvalue weighted by molar-refractivity contribution is 9.10. The van der Waals surface area contributed by atoms with Crippen LogP contribution in [-0.4, -0.2) is 4.98 Å². The van der Waals surface area contributed by atoms with E-state index in [1.807, 2.05) is 32.0 Å². The van der Waals surface area contributed by atoms with Gasteiger partial charge in [0.2, 0.25) is 0 Å². The largest absolute Gasteiger partial charge is 0.398 e. The van der Waals surface area contributed by atoms with Gasteiger partial charge in [0.25, 0.3) is 0 Å². The summed E-state index contributed by atoms with van der Waals surface area (Å²) in [6.45, 7) is 3.98. The molecule has 0 aliphatic heterocycles. The number of nitrogens with two attached hydrogens (primary N) is 1. The molecule has 0 radical (unpaired) electrons. The summed E-state index contributed by atoms with van der Waals surface area (Å²) in [6.07, 6.45) is 0. The van der Waals surface area contributed by atoms with Crippen molar-refractivity contribution in [1.29, 1.82) is 0 Å². The maximum Gasteiger partial charge on any atom is 0.0726 e. The second kappa shape index (κ2) is 3.24. The van der Waals surface area contributed by atoms with Crippen LogP contribution in [0.25, 0.3) is 10.9 Å². The first-order valence-corrected chi connectivity index (χ1v) is 5.21. The summed E-state index contributed by atoms with van der Waals surface area (Å²) in [5.74, 6) is 0. The van der Waals surface area contributed by atoms with E-state index in [2.05, 4.69) is 20.9 Å². The average molecular weight is 251 g/mol. The van der Waals surface area contributed by atoms with Crippen LogP contribution in [0.5, 0.6) is 0 Å². The number of halogens is 1. The van der Waals surface area contributed by atoms with Crippen LogP contribution in [0.2, 0.25) is 0 Å². The van der Waals surface area contributed by atoms with Gasteiger partial charge in [-0.15, -0.1) is 0 Å². The summed E-state index contributed by atoms with van der Waals surface area (Å²) in [5.41, 5.74) is 9.87. The van der Waals surface area contributed by atoms with Crippen molar-refractivity contribution in [3.05, 3.63) is 33.9 Å². The molecule has 1 aromatic heterocycles. The standard InChI is InChI=1S/C11H11BrN2/c1-6-7(2)14-10-4-3-8(12)5-9(10)11(6)13/h3-5H,1-2H3,(H2,13,14). The smallest absolute Gasteiger partial charge is 0.0726 e. The third-order valence-corrected chi connectivity index (χ3v) is 2.98. The van der Waals surface area contributed by atoms with E-state index in [4.69, 9.17) is 5.73 Å². The molecule has 0 fully saturated rings. The molecule has 0 bridgehead atoms. The SMILES string of the molecule is Cc1nc2ccc(Br)cc2c(N)c1C. The zero-order valence-corrected chi connectivity index (χ0v) is 9.72. The van der Waals surface area contributed by atoms with Crippen molar-refractivity contribution >= 4 is 32.5 Å². The molecule has 1 heterocycles. The molecule has 2 rings (SSSR count). The summed E-state index contributed by atoms with van der Waals surface area (Å²) in [4.78, 5) is 4.48. The molecule has 0 unspecified atom stereocenters. The number of rotatable bonds is 0. The third-order valence-electron chi connectivity index (χ3n) is 2.48. The molecular weight excluding hydrogens is 240 g/mol. The number of fused-ring (bicyclic) bond motifs is 1. The molecule has 0 amide bonds. The molecule has 0 aliphatic carbocycles. The Morgan fingerprint density at radius 2 is 2.00 bits per heavy atom. The number of benzene rings is 1. The average Bonchev–Trinajstić information content (AvgIpc) is 2.16. The van der Waals surface area contributed by atoms with Crippen molar-refractivity contribution in [3.63, 3.8) is 0 Å². The van der Waals surface area contributed by atoms with Gasteiger partial charge >= 0.3 is 0 Å². The molecule has 2 aromatic rings. The van der Waals surface area contributed by atoms with Crippen molar-refractivity contribution in [2.24, 2.45) is 0 Å². The Morgan fingerprint density at radius 3 is 2.71 bits per heavy atom. The number of pyridine rings is 1. The normalized spacial score (nSPS) is 10.8. The molecule has 1 aromatic carbocycles. The topological polar surface area (TPSA) is 38.9 Å². The number of nitrogen functional groups attached to an aromatic ring is 1. The fourth-order valence-electron chi connectivity index (χ4n) is 1.48. The van der Waals surface area contributed by atoms with Gasteiger partial charge < -0.3 is 5.73 Å². The van der Waals surface area contributed by atoms with E-state index in [0.717, 1.165) is 32.3 Å². The van der Waals surface area contributed by atoms with Crippen molar-refractivity contribution < 1.29 is 0 Å². The summed E-state index contributed by atoms with van der Waals surface area (Å²) in [6, 6.07) is 5.95. The first-order valence-electron chi connectivity index (χ1n) is 4.41. The minimum atomic E-state index is 0.828. The lowest BCUT2D eigenvalue weighted by Crippen LogP contribution is -1.97. The predicted molar refractivity (Wildman–Crippen MR) is 63.3 cm³/mol. The van der Waals surface area contributed by atoms with Gasteiger partial charge in [-0.2, -0.15) is 0 Å². The van der Waals surface area contributed by atoms with Gasteiger partial charge in [-0.05, 0) is 37.6 Å². The monoisotopic (exact) mass is 250 g/mol. The fraction of sp³-hybridized carbons (Fsp3) is 0.182. The maximum atomic E-state index is 6.03. The second-order valence-electron chi connectivity index (χ2n) is 3.40. The maximum absolute atomic E-state index is 6.03. The number of aryl methyl sites for hydroxylation is 1. The van der Waals surface area contributed by atoms with E-state index in [1.165, 1.54) is 0 Å². The Bertz CT molecular complexity index is 506. The van der Waals surface area contributed by atoms with Crippen LogP contribution in [0.15, 0.2) is 22.7 Å². The van der Waals surface area contributed by atoms with Crippen LogP contribution in [-0.2, 0) is 0 Å². The molecule has 14 heavy (non-hydrogen) atoms. The number of aromatic nitrogens is 1. The second-order valence-corrected chi connectivity index (χ2v) is 4.31. The van der Waals surface area contributed by atoms with Gasteiger partial charge in [0.05, 0.1) is 5.52 Å². The lowest BCUT2D eigenvalue weighted by atomic mass is 10.1. The highest BCUT2D eigenvalue weighted by Crippen LogP contribution is 2.27. The lowest BCUT2D eigenvalue weighted by molar-refractivity contribution is 1.20. The molecule has 72 valence electrons. The molecule has 0 aliphatic rings. The molecule has 0 atom stereocenters. The Balaban J connectivity index is 2.92. The summed E-state index contributed by atoms with van der Waals surface area (Å²) in [5, 5.41) is 1.02. The van der Waals surface area contributed by atoms with Gasteiger partial charge in [-0.1, -0.05) is 15.9 Å². The van der Waals surface area contributed by atoms with Crippen molar-refractivity contribution in [2.75, 3.05) is 5.73 Å². The zero-order chi connectivity index (χ0) is 10.3. The Labute approximate surface area is 91.3 Å². The quantitative estimate of drug-likeness (QED) is 0.780. The van der Waals surface area contributed by atoms with Crippen LogP contribution in [0, 0.1) is 13.8 Å². The van der Waals surface area contributed by atoms with E-state index < -0.39 is 0 Å². The van der Waals surface area contributed by atoms with E-state index in [0.29, 0.717) is 0 Å². The summed E-state index contributed by atoms with van der Waals surface area (Å²) >= 11 is 3.43. The van der Waals surface area contributed by atoms with Crippen LogP contribution < -0.4 is 5.73 Å². The molecule has 2 nitrogen and oxygen atoms in total. The van der Waals surface area contributed by atoms with E-state index in [1.54, 1.807) is 0 Å². The van der Waals surface area contributed by atoms with Crippen LogP contribution >= 0.6 is 15.9 Å². The predicted octanol–water partition coefficient (Wildman–Crippen LogP) is 3.20. The van der Waals surface area contributed by atoms with Gasteiger partial charge in [-0.25, -0.2) is 0 Å². The van der Waals surface area contributed by atoms with Gasteiger partial charge in [-0.3, -0.25) is 4.98 Å². The summed E-state index contributed by atoms with van der Waals surface area (Å²) in [7, 11) is 0. The molecule has 3 heteroatoms. The van der Waals surface area contributed by atoms with Crippen LogP contribution in [0.4, 0.5) is 5.69 Å². The first-order chi connectivity index (χ1) is 6.59. The lowest BCUT2D eigenvalue weighted by Gasteiger charge is -2.08. The molecule has 0 spiro atoms. The van der Waals surface area contributed by atoms with Gasteiger partial charge in [0, 0.05) is 21.2 Å². The number of hydrogen-bond acceptors (Lipinski definition) is 2. The van der Waals surface area contributed by atoms with Crippen molar-refractivity contribution in [2.45, 2.75) is 13.8 Å². The Hall–Kier alpha value is -1.09. The molecular formula is C11H11BrN2. The molecule has 0 saturated carbocycles. The summed E-state index contributed by atoms with van der Waals surface area (Å²) < 4.78 is 1.03. The van der Waals surface area contributed by atoms with E-state index in [9.17, 15) is 0 Å². The van der Waals surface area contributed by atoms with Gasteiger partial charge in [0.15, 0.2) is 0 Å². The van der Waals surface area contributed by atoms with Gasteiger partial charge in [0.1, 0.15) is 0 Å². The van der Waals surface area contributed by atoms with E-state index in [-0.39, 0.29) is 0 Å². The van der Waals surface area contributed by atoms with E-state index >= 15 is 0 Å². The zero-order valence-electron chi connectivity index (χ0n) is 8.13. The van der Waals surface area contributed by atoms with Crippen molar-refractivity contribution in [3.8, 4) is 0 Å². The number of nitrogens with zero attached hydrogens (tertiary/aromatic N) is 1. The number of hydrogen-bond donors (Lipinski definition) is 1. The first kappa shape index (κ1) is 9.46. The Kier molecular flexibility index (Phi) is 2.19. The number of anilines is 1.